The Bertz CT molecular complexity index is 1810. The summed E-state index contributed by atoms with van der Waals surface area (Å²) in [7, 11) is 0. The molecule has 23 nitrogen and oxygen atoms in total. The van der Waals surface area contributed by atoms with Gasteiger partial charge in [0.25, 0.3) is 5.79 Å². The molecule has 0 aliphatic carbocycles. The second-order valence-electron chi connectivity index (χ2n) is 25.8. The second-order valence-corrected chi connectivity index (χ2v) is 25.8. The summed E-state index contributed by atoms with van der Waals surface area (Å²) in [6.07, 6.45) is 14.0. The predicted octanol–water partition coefficient (Wildman–Crippen LogP) is 6.12. The van der Waals surface area contributed by atoms with Gasteiger partial charge in [0.2, 0.25) is 11.8 Å². The largest absolute Gasteiger partial charge is 0.477 e. The highest BCUT2D eigenvalue weighted by Gasteiger charge is 2.60. The number of nitrogens with one attached hydrogen (secondary N) is 2. The lowest BCUT2D eigenvalue weighted by Gasteiger charge is -2.50. The average molecular weight is 1280 g/mol. The number of rotatable bonds is 53. The molecule has 3 heterocycles. The van der Waals surface area contributed by atoms with E-state index in [1.54, 1.807) is 0 Å². The number of carbonyl (C=O) groups excluding carboxylic acids is 2. The van der Waals surface area contributed by atoms with E-state index in [9.17, 15) is 75.7 Å². The number of carbonyl (C=O) groups is 3. The van der Waals surface area contributed by atoms with Crippen LogP contribution >= 0.6 is 0 Å². The third-order valence-electron chi connectivity index (χ3n) is 18.1. The monoisotopic (exact) mass is 1280 g/mol. The van der Waals surface area contributed by atoms with Gasteiger partial charge in [-0.1, -0.05) is 232 Å². The molecule has 23 heteroatoms. The first-order valence-electron chi connectivity index (χ1n) is 34.9. The van der Waals surface area contributed by atoms with E-state index in [4.69, 9.17) is 28.4 Å². The van der Waals surface area contributed by atoms with Crippen LogP contribution in [0.1, 0.15) is 265 Å². The molecule has 3 fully saturated rings. The molecular weight excluding hydrogens is 1160 g/mol. The normalized spacial score (nSPS) is 28.7. The second kappa shape index (κ2) is 47.6. The Kier molecular flexibility index (Phi) is 43.3. The number of carboxylic acids is 1. The Morgan fingerprint density at radius 3 is 1.40 bits per heavy atom. The molecule has 14 N–H and O–H groups in total. The Balaban J connectivity index is 1.57. The molecule has 3 saturated heterocycles. The van der Waals surface area contributed by atoms with Crippen LogP contribution in [0.5, 0.6) is 0 Å². The molecule has 3 aliphatic rings. The summed E-state index contributed by atoms with van der Waals surface area (Å²) >= 11 is 0. The molecule has 0 bridgehead atoms. The van der Waals surface area contributed by atoms with Crippen LogP contribution in [-0.2, 0) is 42.8 Å². The topological polar surface area (TPSA) is 373 Å². The Labute approximate surface area is 531 Å². The number of carboxylic acid groups (broad SMARTS) is 1. The van der Waals surface area contributed by atoms with Crippen molar-refractivity contribution in [2.45, 2.75) is 375 Å². The van der Waals surface area contributed by atoms with Crippen molar-refractivity contribution in [1.29, 1.82) is 0 Å². The van der Waals surface area contributed by atoms with Crippen molar-refractivity contribution in [2.24, 2.45) is 0 Å². The molecule has 2 amide bonds. The van der Waals surface area contributed by atoms with E-state index in [0.29, 0.717) is 19.3 Å². The number of hydrogen-bond acceptors (Lipinski definition) is 20. The number of aliphatic hydroxyl groups is 11. The van der Waals surface area contributed by atoms with Crippen molar-refractivity contribution in [2.75, 3.05) is 26.4 Å². The summed E-state index contributed by atoms with van der Waals surface area (Å²) in [6, 6.07) is -2.52. The van der Waals surface area contributed by atoms with Gasteiger partial charge in [-0.15, -0.1) is 0 Å². The third kappa shape index (κ3) is 30.3. The van der Waals surface area contributed by atoms with Gasteiger partial charge in [-0.2, -0.15) is 0 Å². The zero-order chi connectivity index (χ0) is 65.4. The summed E-state index contributed by atoms with van der Waals surface area (Å²) in [5.41, 5.74) is 0. The first kappa shape index (κ1) is 81.0. The van der Waals surface area contributed by atoms with Gasteiger partial charge in [0.1, 0.15) is 67.1 Å². The van der Waals surface area contributed by atoms with Crippen molar-refractivity contribution < 1.29 is 104 Å². The van der Waals surface area contributed by atoms with Crippen molar-refractivity contribution in [1.82, 2.24) is 10.6 Å². The van der Waals surface area contributed by atoms with Gasteiger partial charge >= 0.3 is 5.97 Å². The van der Waals surface area contributed by atoms with Crippen molar-refractivity contribution in [3.63, 3.8) is 0 Å². The van der Waals surface area contributed by atoms with E-state index in [0.717, 1.165) is 51.9 Å². The van der Waals surface area contributed by atoms with E-state index in [1.807, 2.05) is 0 Å². The Morgan fingerprint density at radius 2 is 0.978 bits per heavy atom. The minimum Gasteiger partial charge on any atom is -0.477 e. The average Bonchev–Trinajstić information content (AvgIpc) is 2.63. The van der Waals surface area contributed by atoms with Crippen LogP contribution < -0.4 is 10.6 Å². The van der Waals surface area contributed by atoms with E-state index in [1.165, 1.54) is 167 Å². The molecule has 18 atom stereocenters. The van der Waals surface area contributed by atoms with Crippen LogP contribution in [-0.4, -0.2) is 215 Å². The highest BCUT2D eigenvalue weighted by atomic mass is 16.8. The SMILES string of the molecule is CCCCCCCCCCCCCCCCCCCCCCCCC(=O)N[C@@H](CO[C@@H]1O[C@H](CO)[C@@H](O[C@@H]2O[C@H](CO)[C@H](O)[C@H](O[C@]3(C(=O)O)C[C@H](O)[C@@H](NC(C)=O)C([C@H](O)[C@H](O)CO)O3)[C@H]2O)[C@H](O)[C@H]1O)[C@H](O)CCCCCCCCCCCCCCC. The molecule has 0 aromatic heterocycles. The number of amides is 2. The number of hydrogen-bond donors (Lipinski definition) is 14. The standard InChI is InChI=1S/C66H124N2O21/c1-4-6-8-10-12-14-16-18-19-20-21-22-23-24-25-26-28-30-32-34-36-38-40-53(76)68-47(48(73)39-37-35-33-31-29-27-17-15-13-11-9-7-5-2)45-84-63-58(80)57(79)60(52(44-71)86-63)87-64-59(81)62(56(78)51(43-70)85-64)89-66(65(82)83)41-49(74)54(67-46(3)72)61(88-66)55(77)50(75)42-69/h47-52,54-64,69-71,73-75,77-81H,4-45H2,1-3H3,(H,67,72)(H,68,76)(H,82,83)/t47-,48+,49-,50+,51+,52+,54+,55+,56-,57+,58+,59+,60+,61?,62-,63+,64-,66-/m0/s1. The number of aliphatic carboxylic acids is 1. The van der Waals surface area contributed by atoms with Gasteiger partial charge in [-0.25, -0.2) is 4.79 Å². The number of aliphatic hydroxyl groups excluding tert-OH is 11. The van der Waals surface area contributed by atoms with Crippen LogP contribution in [0.3, 0.4) is 0 Å². The summed E-state index contributed by atoms with van der Waals surface area (Å²) in [6.45, 7) is 2.21. The Morgan fingerprint density at radius 1 is 0.539 bits per heavy atom. The fourth-order valence-electron chi connectivity index (χ4n) is 12.5. The van der Waals surface area contributed by atoms with Crippen LogP contribution in [0.25, 0.3) is 0 Å². The highest BCUT2D eigenvalue weighted by Crippen LogP contribution is 2.39. The zero-order valence-electron chi connectivity index (χ0n) is 54.6. The summed E-state index contributed by atoms with van der Waals surface area (Å²) in [5, 5.41) is 136. The first-order chi connectivity index (χ1) is 42.9. The molecule has 0 radical (unpaired) electrons. The molecule has 524 valence electrons. The smallest absolute Gasteiger partial charge is 0.364 e. The van der Waals surface area contributed by atoms with Gasteiger partial charge in [-0.3, -0.25) is 9.59 Å². The minimum atomic E-state index is -3.08. The number of unbranched alkanes of at least 4 members (excludes halogenated alkanes) is 33. The van der Waals surface area contributed by atoms with E-state index in [2.05, 4.69) is 24.5 Å². The maximum absolute atomic E-state index is 13.5. The zero-order valence-corrected chi connectivity index (χ0v) is 54.6. The fourth-order valence-corrected chi connectivity index (χ4v) is 12.5. The van der Waals surface area contributed by atoms with Crippen molar-refractivity contribution in [3.05, 3.63) is 0 Å². The molecule has 0 spiro atoms. The molecule has 89 heavy (non-hydrogen) atoms. The van der Waals surface area contributed by atoms with Crippen LogP contribution in [0.15, 0.2) is 0 Å². The van der Waals surface area contributed by atoms with Gasteiger partial charge < -0.3 is 100 Å². The summed E-state index contributed by atoms with van der Waals surface area (Å²) in [5.74, 6) is -6.09. The van der Waals surface area contributed by atoms with Crippen molar-refractivity contribution >= 4 is 17.8 Å². The maximum Gasteiger partial charge on any atom is 0.364 e. The van der Waals surface area contributed by atoms with Gasteiger partial charge in [0, 0.05) is 19.8 Å². The molecule has 3 aliphatic heterocycles. The molecule has 0 aromatic rings. The molecule has 0 saturated carbocycles. The maximum atomic E-state index is 13.5. The fraction of sp³-hybridized carbons (Fsp3) is 0.955. The van der Waals surface area contributed by atoms with Crippen molar-refractivity contribution in [3.8, 4) is 0 Å². The van der Waals surface area contributed by atoms with E-state index < -0.39 is 148 Å². The molecular formula is C66H124N2O21. The van der Waals surface area contributed by atoms with Crippen LogP contribution in [0, 0.1) is 0 Å². The lowest BCUT2D eigenvalue weighted by molar-refractivity contribution is -0.386. The van der Waals surface area contributed by atoms with E-state index in [-0.39, 0.29) is 18.9 Å². The van der Waals surface area contributed by atoms with Crippen LogP contribution in [0.2, 0.25) is 0 Å². The third-order valence-corrected chi connectivity index (χ3v) is 18.1. The van der Waals surface area contributed by atoms with Crippen LogP contribution in [0.4, 0.5) is 0 Å². The van der Waals surface area contributed by atoms with Gasteiger partial charge in [0.15, 0.2) is 12.6 Å². The summed E-state index contributed by atoms with van der Waals surface area (Å²) in [4.78, 5) is 38.5. The lowest BCUT2D eigenvalue weighted by atomic mass is 9.88. The first-order valence-corrected chi connectivity index (χ1v) is 34.9. The van der Waals surface area contributed by atoms with E-state index >= 15 is 0 Å². The lowest BCUT2D eigenvalue weighted by Crippen LogP contribution is -2.70. The molecule has 3 rings (SSSR count). The van der Waals surface area contributed by atoms with Gasteiger partial charge in [0.05, 0.1) is 50.7 Å². The molecule has 1 unspecified atom stereocenters. The Hall–Kier alpha value is -2.27. The quantitative estimate of drug-likeness (QED) is 0.0305. The predicted molar refractivity (Wildman–Crippen MR) is 334 cm³/mol. The molecule has 0 aromatic carbocycles. The van der Waals surface area contributed by atoms with Gasteiger partial charge in [-0.05, 0) is 12.8 Å². The highest BCUT2D eigenvalue weighted by molar-refractivity contribution is 5.77. The number of ether oxygens (including phenoxy) is 6. The summed E-state index contributed by atoms with van der Waals surface area (Å²) < 4.78 is 34.8. The minimum absolute atomic E-state index is 0.229.